The van der Waals surface area contributed by atoms with E-state index in [1.807, 2.05) is 13.8 Å². The molecule has 0 aromatic rings. The third-order valence-electron chi connectivity index (χ3n) is 2.67. The normalized spacial score (nSPS) is 25.2. The van der Waals surface area contributed by atoms with E-state index in [1.165, 1.54) is 0 Å². The zero-order valence-corrected chi connectivity index (χ0v) is 10.3. The van der Waals surface area contributed by atoms with Crippen molar-refractivity contribution in [2.24, 2.45) is 5.41 Å². The summed E-state index contributed by atoms with van der Waals surface area (Å²) in [5, 5.41) is 0. The lowest BCUT2D eigenvalue weighted by molar-refractivity contribution is -0.160. The van der Waals surface area contributed by atoms with Crippen LogP contribution in [0.4, 0.5) is 0 Å². The Hall–Kier alpha value is -0.860. The summed E-state index contributed by atoms with van der Waals surface area (Å²) in [4.78, 5) is 23.0. The number of hydrogen-bond acceptors (Lipinski definition) is 3. The Balaban J connectivity index is 0.000000921. The first kappa shape index (κ1) is 14.1. The maximum absolute atomic E-state index is 11.5. The molecule has 0 heterocycles. The first-order valence-electron chi connectivity index (χ1n) is 5.82. The van der Waals surface area contributed by atoms with E-state index in [2.05, 4.69) is 0 Å². The summed E-state index contributed by atoms with van der Waals surface area (Å²) in [7, 11) is 0. The predicted octanol–water partition coefficient (Wildman–Crippen LogP) is 2.73. The molecular weight excluding hydrogens is 192 g/mol. The van der Waals surface area contributed by atoms with Crippen molar-refractivity contribution >= 4 is 11.8 Å². The van der Waals surface area contributed by atoms with Crippen molar-refractivity contribution in [2.45, 2.75) is 53.4 Å². The van der Waals surface area contributed by atoms with Gasteiger partial charge in [-0.25, -0.2) is 0 Å². The summed E-state index contributed by atoms with van der Waals surface area (Å²) in [5.74, 6) is -0.308. The van der Waals surface area contributed by atoms with E-state index < -0.39 is 5.41 Å². The molecule has 0 aliphatic heterocycles. The molecule has 3 heteroatoms. The van der Waals surface area contributed by atoms with Gasteiger partial charge in [0.25, 0.3) is 0 Å². The van der Waals surface area contributed by atoms with Crippen molar-refractivity contribution in [3.05, 3.63) is 0 Å². The van der Waals surface area contributed by atoms with Crippen LogP contribution in [-0.4, -0.2) is 18.4 Å². The fourth-order valence-electron chi connectivity index (χ4n) is 1.69. The molecular formula is C12H22O3. The number of hydrogen-bond donors (Lipinski definition) is 0. The lowest BCUT2D eigenvalue weighted by atomic mass is 9.75. The minimum absolute atomic E-state index is 0.0391. The molecule has 0 N–H and O–H groups in total. The number of carbonyl (C=O) groups is 2. The van der Waals surface area contributed by atoms with Crippen molar-refractivity contribution in [1.29, 1.82) is 0 Å². The smallest absolute Gasteiger partial charge is 0.319 e. The van der Waals surface area contributed by atoms with Crippen LogP contribution >= 0.6 is 0 Å². The Bertz CT molecular complexity index is 223. The molecule has 0 radical (unpaired) electrons. The minimum Gasteiger partial charge on any atom is -0.465 e. The third-order valence-corrected chi connectivity index (χ3v) is 2.67. The van der Waals surface area contributed by atoms with Crippen LogP contribution in [-0.2, 0) is 14.3 Å². The van der Waals surface area contributed by atoms with Crippen LogP contribution in [0.3, 0.4) is 0 Å². The van der Waals surface area contributed by atoms with E-state index >= 15 is 0 Å². The lowest BCUT2D eigenvalue weighted by Crippen LogP contribution is -2.40. The van der Waals surface area contributed by atoms with Crippen LogP contribution in [0.2, 0.25) is 0 Å². The van der Waals surface area contributed by atoms with Crippen LogP contribution in [0.5, 0.6) is 0 Å². The van der Waals surface area contributed by atoms with Crippen LogP contribution in [0.1, 0.15) is 53.4 Å². The van der Waals surface area contributed by atoms with Gasteiger partial charge in [-0.05, 0) is 26.7 Å². The first-order chi connectivity index (χ1) is 7.11. The molecule has 1 atom stereocenters. The van der Waals surface area contributed by atoms with Crippen molar-refractivity contribution in [2.75, 3.05) is 6.61 Å². The standard InChI is InChI=1S/C10H16O3.C2H6/c1-3-13-9(12)10(2)7-5-4-6-8(10)11;1-2/h3-7H2,1-2H3;1-2H3. The monoisotopic (exact) mass is 214 g/mol. The minimum atomic E-state index is -0.853. The Morgan fingerprint density at radius 3 is 2.47 bits per heavy atom. The van der Waals surface area contributed by atoms with Crippen molar-refractivity contribution in [3.63, 3.8) is 0 Å². The quantitative estimate of drug-likeness (QED) is 0.524. The van der Waals surface area contributed by atoms with Crippen molar-refractivity contribution in [3.8, 4) is 0 Å². The van der Waals surface area contributed by atoms with Crippen LogP contribution in [0.25, 0.3) is 0 Å². The van der Waals surface area contributed by atoms with E-state index in [-0.39, 0.29) is 11.8 Å². The lowest BCUT2D eigenvalue weighted by Gasteiger charge is -2.29. The Morgan fingerprint density at radius 2 is 2.00 bits per heavy atom. The first-order valence-corrected chi connectivity index (χ1v) is 5.82. The van der Waals surface area contributed by atoms with E-state index in [1.54, 1.807) is 13.8 Å². The highest BCUT2D eigenvalue weighted by atomic mass is 16.5. The highest BCUT2D eigenvalue weighted by molar-refractivity contribution is 6.03. The van der Waals surface area contributed by atoms with Gasteiger partial charge in [0.2, 0.25) is 0 Å². The zero-order chi connectivity index (χ0) is 11.9. The number of carbonyl (C=O) groups excluding carboxylic acids is 2. The topological polar surface area (TPSA) is 43.4 Å². The number of Topliss-reactive ketones (excluding diaryl/α,β-unsaturated/α-hetero) is 1. The van der Waals surface area contributed by atoms with E-state index in [0.717, 1.165) is 12.8 Å². The molecule has 1 aliphatic rings. The molecule has 1 saturated carbocycles. The van der Waals surface area contributed by atoms with Crippen LogP contribution in [0.15, 0.2) is 0 Å². The summed E-state index contributed by atoms with van der Waals surface area (Å²) in [6.07, 6.45) is 3.02. The average Bonchev–Trinajstić information content (AvgIpc) is 2.26. The molecule has 0 amide bonds. The fourth-order valence-corrected chi connectivity index (χ4v) is 1.69. The van der Waals surface area contributed by atoms with Gasteiger partial charge in [0, 0.05) is 6.42 Å². The van der Waals surface area contributed by atoms with E-state index in [9.17, 15) is 9.59 Å². The van der Waals surface area contributed by atoms with E-state index in [4.69, 9.17) is 4.74 Å². The Morgan fingerprint density at radius 1 is 1.40 bits per heavy atom. The highest BCUT2D eigenvalue weighted by Crippen LogP contribution is 2.33. The maximum Gasteiger partial charge on any atom is 0.319 e. The molecule has 0 aromatic carbocycles. The molecule has 1 fully saturated rings. The summed E-state index contributed by atoms with van der Waals surface area (Å²) in [5.41, 5.74) is -0.853. The molecule has 1 rings (SSSR count). The molecule has 0 spiro atoms. The largest absolute Gasteiger partial charge is 0.465 e. The highest BCUT2D eigenvalue weighted by Gasteiger charge is 2.43. The molecule has 1 aliphatic carbocycles. The van der Waals surface area contributed by atoms with Gasteiger partial charge < -0.3 is 4.74 Å². The fraction of sp³-hybridized carbons (Fsp3) is 0.833. The molecule has 88 valence electrons. The zero-order valence-electron chi connectivity index (χ0n) is 10.3. The van der Waals surface area contributed by atoms with Crippen molar-refractivity contribution < 1.29 is 14.3 Å². The van der Waals surface area contributed by atoms with Crippen LogP contribution < -0.4 is 0 Å². The Labute approximate surface area is 92.2 Å². The summed E-state index contributed by atoms with van der Waals surface area (Å²) < 4.78 is 4.89. The van der Waals surface area contributed by atoms with Gasteiger partial charge in [-0.1, -0.05) is 20.3 Å². The predicted molar refractivity (Wildman–Crippen MR) is 59.6 cm³/mol. The van der Waals surface area contributed by atoms with Gasteiger partial charge >= 0.3 is 5.97 Å². The maximum atomic E-state index is 11.5. The molecule has 1 unspecified atom stereocenters. The number of esters is 1. The molecule has 3 nitrogen and oxygen atoms in total. The third kappa shape index (κ3) is 3.33. The second-order valence-corrected chi connectivity index (χ2v) is 3.68. The molecule has 0 aromatic heterocycles. The second-order valence-electron chi connectivity index (χ2n) is 3.68. The molecule has 0 saturated heterocycles. The number of ether oxygens (including phenoxy) is 1. The average molecular weight is 214 g/mol. The summed E-state index contributed by atoms with van der Waals surface area (Å²) in [6.45, 7) is 7.81. The Kier molecular flexibility index (Phi) is 6.21. The van der Waals surface area contributed by atoms with Gasteiger partial charge in [0.1, 0.15) is 11.2 Å². The summed E-state index contributed by atoms with van der Waals surface area (Å²) in [6, 6.07) is 0. The van der Waals surface area contributed by atoms with Gasteiger partial charge in [0.05, 0.1) is 6.61 Å². The number of ketones is 1. The SMILES string of the molecule is CC.CCOC(=O)C1(C)CCCCC1=O. The van der Waals surface area contributed by atoms with E-state index in [0.29, 0.717) is 19.4 Å². The van der Waals surface area contributed by atoms with Gasteiger partial charge in [-0.2, -0.15) is 0 Å². The molecule has 15 heavy (non-hydrogen) atoms. The number of rotatable bonds is 2. The second kappa shape index (κ2) is 6.59. The summed E-state index contributed by atoms with van der Waals surface area (Å²) >= 11 is 0. The molecule has 0 bridgehead atoms. The van der Waals surface area contributed by atoms with Gasteiger partial charge in [-0.3, -0.25) is 9.59 Å². The van der Waals surface area contributed by atoms with Gasteiger partial charge in [0.15, 0.2) is 0 Å². The van der Waals surface area contributed by atoms with Gasteiger partial charge in [-0.15, -0.1) is 0 Å². The van der Waals surface area contributed by atoms with Crippen molar-refractivity contribution in [1.82, 2.24) is 0 Å². The van der Waals surface area contributed by atoms with Crippen LogP contribution in [0, 0.1) is 5.41 Å².